The third-order valence-corrected chi connectivity index (χ3v) is 5.56. The van der Waals surface area contributed by atoms with E-state index in [9.17, 15) is 15.0 Å². The number of unbranched alkanes of at least 4 members (excludes halogenated alkanes) is 8. The summed E-state index contributed by atoms with van der Waals surface area (Å²) >= 11 is 0. The maximum atomic E-state index is 12.1. The average molecular weight is 474 g/mol. The normalized spacial score (nSPS) is 14.4. The molecule has 3 N–H and O–H groups in total. The Labute approximate surface area is 209 Å². The second-order valence-electron chi connectivity index (χ2n) is 8.74. The Morgan fingerprint density at radius 1 is 0.765 bits per heavy atom. The van der Waals surface area contributed by atoms with Crippen LogP contribution in [0.25, 0.3) is 0 Å². The van der Waals surface area contributed by atoms with Crippen LogP contribution in [0.4, 0.5) is 0 Å². The SMILES string of the molecule is C/C=C/CC/C=C/CC/C=C/C(O)C(CO)NC(=O)CC/C=C\C/C=C\CCCCCCCC. The van der Waals surface area contributed by atoms with Gasteiger partial charge in [0.1, 0.15) is 0 Å². The lowest BCUT2D eigenvalue weighted by Crippen LogP contribution is -2.45. The fourth-order valence-electron chi connectivity index (χ4n) is 3.44. The molecule has 0 aromatic heterocycles. The summed E-state index contributed by atoms with van der Waals surface area (Å²) in [5.74, 6) is -0.154. The number of hydrogen-bond acceptors (Lipinski definition) is 3. The summed E-state index contributed by atoms with van der Waals surface area (Å²) in [6.07, 6.45) is 34.6. The molecule has 2 unspecified atom stereocenters. The highest BCUT2D eigenvalue weighted by molar-refractivity contribution is 5.76. The predicted octanol–water partition coefficient (Wildman–Crippen LogP) is 7.11. The summed E-state index contributed by atoms with van der Waals surface area (Å²) in [6, 6.07) is -0.672. The number of hydrogen-bond donors (Lipinski definition) is 3. The average Bonchev–Trinajstić information content (AvgIpc) is 2.84. The summed E-state index contributed by atoms with van der Waals surface area (Å²) in [5, 5.41) is 22.5. The Morgan fingerprint density at radius 3 is 2.03 bits per heavy atom. The number of allylic oxidation sites excluding steroid dienone is 9. The maximum Gasteiger partial charge on any atom is 0.220 e. The number of rotatable bonds is 22. The van der Waals surface area contributed by atoms with E-state index in [-0.39, 0.29) is 12.5 Å². The van der Waals surface area contributed by atoms with Crippen LogP contribution in [0.2, 0.25) is 0 Å². The molecule has 0 aliphatic rings. The van der Waals surface area contributed by atoms with Crippen molar-refractivity contribution in [2.75, 3.05) is 6.61 Å². The molecule has 0 rings (SSSR count). The zero-order valence-corrected chi connectivity index (χ0v) is 21.8. The minimum Gasteiger partial charge on any atom is -0.394 e. The van der Waals surface area contributed by atoms with Crippen molar-refractivity contribution in [1.29, 1.82) is 0 Å². The van der Waals surface area contributed by atoms with Crippen LogP contribution < -0.4 is 5.32 Å². The molecule has 0 spiro atoms. The molecule has 4 nitrogen and oxygen atoms in total. The van der Waals surface area contributed by atoms with E-state index in [1.807, 2.05) is 19.1 Å². The number of aliphatic hydroxyl groups excluding tert-OH is 2. The molecule has 0 radical (unpaired) electrons. The molecule has 194 valence electrons. The van der Waals surface area contributed by atoms with Crippen LogP contribution in [0, 0.1) is 0 Å². The number of aliphatic hydroxyl groups is 2. The number of carbonyl (C=O) groups is 1. The molecule has 0 heterocycles. The summed E-state index contributed by atoms with van der Waals surface area (Å²) in [5.41, 5.74) is 0. The van der Waals surface area contributed by atoms with Gasteiger partial charge in [0, 0.05) is 6.42 Å². The molecular formula is C30H51NO3. The molecule has 0 bridgehead atoms. The van der Waals surface area contributed by atoms with Gasteiger partial charge in [-0.25, -0.2) is 0 Å². The second-order valence-corrected chi connectivity index (χ2v) is 8.74. The van der Waals surface area contributed by atoms with Gasteiger partial charge in [-0.2, -0.15) is 0 Å². The van der Waals surface area contributed by atoms with Gasteiger partial charge in [0.05, 0.1) is 18.8 Å². The second kappa shape index (κ2) is 25.7. The van der Waals surface area contributed by atoms with E-state index in [1.54, 1.807) is 6.08 Å². The highest BCUT2D eigenvalue weighted by atomic mass is 16.3. The molecule has 0 saturated carbocycles. The van der Waals surface area contributed by atoms with E-state index in [0.29, 0.717) is 12.8 Å². The van der Waals surface area contributed by atoms with Gasteiger partial charge in [-0.05, 0) is 58.3 Å². The first-order valence-electron chi connectivity index (χ1n) is 13.5. The van der Waals surface area contributed by atoms with Crippen LogP contribution in [-0.2, 0) is 4.79 Å². The molecule has 4 heteroatoms. The third-order valence-electron chi connectivity index (χ3n) is 5.56. The van der Waals surface area contributed by atoms with Crippen molar-refractivity contribution in [1.82, 2.24) is 5.32 Å². The van der Waals surface area contributed by atoms with Crippen LogP contribution >= 0.6 is 0 Å². The smallest absolute Gasteiger partial charge is 0.220 e. The quantitative estimate of drug-likeness (QED) is 0.116. The van der Waals surface area contributed by atoms with E-state index in [1.165, 1.54) is 38.5 Å². The van der Waals surface area contributed by atoms with Gasteiger partial charge in [-0.15, -0.1) is 0 Å². The zero-order valence-electron chi connectivity index (χ0n) is 21.8. The predicted molar refractivity (Wildman–Crippen MR) is 147 cm³/mol. The van der Waals surface area contributed by atoms with Gasteiger partial charge in [0.25, 0.3) is 0 Å². The number of nitrogens with one attached hydrogen (secondary N) is 1. The fourth-order valence-corrected chi connectivity index (χ4v) is 3.44. The molecule has 0 aliphatic carbocycles. The number of amides is 1. The molecule has 0 saturated heterocycles. The van der Waals surface area contributed by atoms with Crippen molar-refractivity contribution in [3.8, 4) is 0 Å². The Hall–Kier alpha value is -1.91. The summed E-state index contributed by atoms with van der Waals surface area (Å²) in [7, 11) is 0. The zero-order chi connectivity index (χ0) is 25.1. The highest BCUT2D eigenvalue weighted by Gasteiger charge is 2.17. The van der Waals surface area contributed by atoms with Crippen LogP contribution in [0.5, 0.6) is 0 Å². The molecule has 0 aliphatic heterocycles. The first-order chi connectivity index (χ1) is 16.7. The van der Waals surface area contributed by atoms with E-state index in [2.05, 4.69) is 54.8 Å². The van der Waals surface area contributed by atoms with Crippen molar-refractivity contribution in [3.05, 3.63) is 60.8 Å². The topological polar surface area (TPSA) is 69.6 Å². The van der Waals surface area contributed by atoms with Gasteiger partial charge < -0.3 is 15.5 Å². The molecule has 1 amide bonds. The monoisotopic (exact) mass is 473 g/mol. The standard InChI is InChI=1S/C30H51NO3/c1-3-5-7-9-11-13-14-15-16-18-20-22-24-26-30(34)31-28(27-32)29(33)25-23-21-19-17-12-10-8-6-4-2/h4,6,12,15-17,20,22-23,25,28-29,32-33H,3,5,7-11,13-14,18-19,21,24,26-27H2,1-2H3,(H,31,34)/b6-4+,16-15-,17-12+,22-20-,25-23+. The van der Waals surface area contributed by atoms with Crippen LogP contribution in [0.15, 0.2) is 60.8 Å². The van der Waals surface area contributed by atoms with E-state index >= 15 is 0 Å². The lowest BCUT2D eigenvalue weighted by atomic mass is 10.1. The van der Waals surface area contributed by atoms with Crippen LogP contribution in [0.3, 0.4) is 0 Å². The van der Waals surface area contributed by atoms with Crippen molar-refractivity contribution in [3.63, 3.8) is 0 Å². The molecular weight excluding hydrogens is 422 g/mol. The highest BCUT2D eigenvalue weighted by Crippen LogP contribution is 2.07. The lowest BCUT2D eigenvalue weighted by molar-refractivity contribution is -0.122. The molecule has 0 aromatic carbocycles. The van der Waals surface area contributed by atoms with Crippen LogP contribution in [-0.4, -0.2) is 34.9 Å². The number of carbonyl (C=O) groups excluding carboxylic acids is 1. The van der Waals surface area contributed by atoms with Crippen molar-refractivity contribution < 1.29 is 15.0 Å². The summed E-state index contributed by atoms with van der Waals surface area (Å²) < 4.78 is 0. The Balaban J connectivity index is 3.91. The van der Waals surface area contributed by atoms with Gasteiger partial charge in [-0.3, -0.25) is 4.79 Å². The van der Waals surface area contributed by atoms with E-state index < -0.39 is 12.1 Å². The molecule has 34 heavy (non-hydrogen) atoms. The largest absolute Gasteiger partial charge is 0.394 e. The summed E-state index contributed by atoms with van der Waals surface area (Å²) in [6.45, 7) is 3.98. The van der Waals surface area contributed by atoms with Gasteiger partial charge in [-0.1, -0.05) is 99.8 Å². The lowest BCUT2D eigenvalue weighted by Gasteiger charge is -2.19. The first kappa shape index (κ1) is 32.1. The van der Waals surface area contributed by atoms with Gasteiger partial charge in [0.15, 0.2) is 0 Å². The minimum atomic E-state index is -0.889. The first-order valence-corrected chi connectivity index (χ1v) is 13.5. The Bertz CT molecular complexity index is 604. The Morgan fingerprint density at radius 2 is 1.35 bits per heavy atom. The summed E-state index contributed by atoms with van der Waals surface area (Å²) in [4.78, 5) is 12.1. The fraction of sp³-hybridized carbons (Fsp3) is 0.633. The maximum absolute atomic E-state index is 12.1. The molecule has 0 fully saturated rings. The van der Waals surface area contributed by atoms with Gasteiger partial charge in [0.2, 0.25) is 5.91 Å². The Kier molecular flexibility index (Phi) is 24.3. The van der Waals surface area contributed by atoms with Crippen LogP contribution in [0.1, 0.15) is 104 Å². The van der Waals surface area contributed by atoms with Crippen molar-refractivity contribution in [2.45, 2.75) is 116 Å². The minimum absolute atomic E-state index is 0.154. The third kappa shape index (κ3) is 21.9. The van der Waals surface area contributed by atoms with E-state index in [4.69, 9.17) is 0 Å². The van der Waals surface area contributed by atoms with E-state index in [0.717, 1.165) is 38.5 Å². The molecule has 0 aromatic rings. The van der Waals surface area contributed by atoms with Crippen molar-refractivity contribution >= 4 is 5.91 Å². The molecule has 2 atom stereocenters. The van der Waals surface area contributed by atoms with Gasteiger partial charge >= 0.3 is 0 Å². The van der Waals surface area contributed by atoms with Crippen molar-refractivity contribution in [2.24, 2.45) is 0 Å².